The van der Waals surface area contributed by atoms with Gasteiger partial charge in [0.2, 0.25) is 0 Å². The van der Waals surface area contributed by atoms with Crippen molar-refractivity contribution in [3.63, 3.8) is 0 Å². The van der Waals surface area contributed by atoms with Crippen molar-refractivity contribution in [3.05, 3.63) is 66.0 Å². The van der Waals surface area contributed by atoms with Crippen LogP contribution in [0.3, 0.4) is 0 Å². The first-order valence-electron chi connectivity index (χ1n) is 8.12. The van der Waals surface area contributed by atoms with Crippen LogP contribution in [0.4, 0.5) is 13.2 Å². The van der Waals surface area contributed by atoms with Gasteiger partial charge in [0, 0.05) is 12.0 Å². The van der Waals surface area contributed by atoms with Crippen molar-refractivity contribution in [3.8, 4) is 11.3 Å². The van der Waals surface area contributed by atoms with Gasteiger partial charge in [-0.3, -0.25) is 0 Å². The Bertz CT molecular complexity index is 952. The number of hydrogen-bond acceptors (Lipinski definition) is 2. The van der Waals surface area contributed by atoms with Crippen LogP contribution in [0.25, 0.3) is 16.9 Å². The zero-order valence-electron chi connectivity index (χ0n) is 13.4. The van der Waals surface area contributed by atoms with Crippen LogP contribution >= 0.6 is 0 Å². The van der Waals surface area contributed by atoms with Gasteiger partial charge in [-0.05, 0) is 43.0 Å². The quantitative estimate of drug-likeness (QED) is 0.629. The number of alkyl halides is 3. The summed E-state index contributed by atoms with van der Waals surface area (Å²) in [6.45, 7) is 4.09. The SMILES string of the molecule is C=C(Cc1nc2cccc(-c3cccc(C(F)(F)F)c3)n2n1)C1CC1. The van der Waals surface area contributed by atoms with Gasteiger partial charge in [0.05, 0.1) is 11.3 Å². The summed E-state index contributed by atoms with van der Waals surface area (Å²) in [5, 5.41) is 4.49. The Morgan fingerprint density at radius 3 is 2.64 bits per heavy atom. The van der Waals surface area contributed by atoms with Crippen LogP contribution in [-0.2, 0) is 12.6 Å². The van der Waals surface area contributed by atoms with Gasteiger partial charge in [0.1, 0.15) is 0 Å². The largest absolute Gasteiger partial charge is 0.416 e. The highest BCUT2D eigenvalue weighted by Gasteiger charge is 2.30. The van der Waals surface area contributed by atoms with E-state index in [4.69, 9.17) is 0 Å². The topological polar surface area (TPSA) is 30.2 Å². The number of aromatic nitrogens is 3. The Kier molecular flexibility index (Phi) is 3.63. The van der Waals surface area contributed by atoms with Gasteiger partial charge in [-0.25, -0.2) is 9.50 Å². The minimum absolute atomic E-state index is 0.456. The first-order chi connectivity index (χ1) is 11.9. The maximum Gasteiger partial charge on any atom is 0.416 e. The third kappa shape index (κ3) is 3.16. The van der Waals surface area contributed by atoms with Gasteiger partial charge in [0.15, 0.2) is 11.5 Å². The molecule has 1 saturated carbocycles. The monoisotopic (exact) mass is 343 g/mol. The molecule has 0 atom stereocenters. The fourth-order valence-corrected chi connectivity index (χ4v) is 2.94. The number of hydrogen-bond donors (Lipinski definition) is 0. The van der Waals surface area contributed by atoms with Crippen molar-refractivity contribution in [2.24, 2.45) is 5.92 Å². The highest BCUT2D eigenvalue weighted by atomic mass is 19.4. The number of benzene rings is 1. The summed E-state index contributed by atoms with van der Waals surface area (Å²) < 4.78 is 40.5. The van der Waals surface area contributed by atoms with E-state index >= 15 is 0 Å². The Morgan fingerprint density at radius 2 is 1.92 bits per heavy atom. The highest BCUT2D eigenvalue weighted by Crippen LogP contribution is 2.37. The van der Waals surface area contributed by atoms with Crippen LogP contribution in [0, 0.1) is 5.92 Å². The van der Waals surface area contributed by atoms with E-state index in [0.29, 0.717) is 35.1 Å². The number of fused-ring (bicyclic) bond motifs is 1. The van der Waals surface area contributed by atoms with E-state index in [1.807, 2.05) is 0 Å². The molecule has 3 nitrogen and oxygen atoms in total. The van der Waals surface area contributed by atoms with Crippen molar-refractivity contribution in [2.45, 2.75) is 25.4 Å². The molecule has 1 aromatic carbocycles. The molecule has 0 aliphatic heterocycles. The number of pyridine rings is 1. The van der Waals surface area contributed by atoms with Crippen LogP contribution in [0.5, 0.6) is 0 Å². The van der Waals surface area contributed by atoms with Crippen LogP contribution in [0.2, 0.25) is 0 Å². The number of nitrogens with zero attached hydrogens (tertiary/aromatic N) is 3. The zero-order chi connectivity index (χ0) is 17.6. The standard InChI is InChI=1S/C19H16F3N3/c1-12(13-8-9-13)10-17-23-18-7-3-6-16(25(18)24-17)14-4-2-5-15(11-14)19(20,21)22/h2-7,11,13H,1,8-10H2. The third-order valence-electron chi connectivity index (χ3n) is 4.43. The van der Waals surface area contributed by atoms with Crippen molar-refractivity contribution in [2.75, 3.05) is 0 Å². The molecule has 0 N–H and O–H groups in total. The lowest BCUT2D eigenvalue weighted by atomic mass is 10.1. The second-order valence-electron chi connectivity index (χ2n) is 6.40. The molecule has 0 saturated heterocycles. The van der Waals surface area contributed by atoms with E-state index in [1.165, 1.54) is 18.9 Å². The van der Waals surface area contributed by atoms with Crippen molar-refractivity contribution >= 4 is 5.65 Å². The van der Waals surface area contributed by atoms with E-state index in [-0.39, 0.29) is 0 Å². The first-order valence-corrected chi connectivity index (χ1v) is 8.12. The lowest BCUT2D eigenvalue weighted by Gasteiger charge is -2.09. The van der Waals surface area contributed by atoms with Gasteiger partial charge in [-0.15, -0.1) is 0 Å². The smallest absolute Gasteiger partial charge is 0.213 e. The minimum Gasteiger partial charge on any atom is -0.213 e. The number of halogens is 3. The molecule has 3 aromatic rings. The van der Waals surface area contributed by atoms with E-state index < -0.39 is 11.7 Å². The summed E-state index contributed by atoms with van der Waals surface area (Å²) in [6, 6.07) is 10.6. The molecule has 1 fully saturated rings. The normalized spacial score (nSPS) is 14.8. The molecule has 0 unspecified atom stereocenters. The summed E-state index contributed by atoms with van der Waals surface area (Å²) in [7, 11) is 0. The molecule has 0 spiro atoms. The highest BCUT2D eigenvalue weighted by molar-refractivity contribution is 5.64. The van der Waals surface area contributed by atoms with Crippen LogP contribution in [-0.4, -0.2) is 14.6 Å². The van der Waals surface area contributed by atoms with E-state index in [0.717, 1.165) is 17.7 Å². The fourth-order valence-electron chi connectivity index (χ4n) is 2.94. The molecule has 0 radical (unpaired) electrons. The van der Waals surface area contributed by atoms with Gasteiger partial charge in [-0.1, -0.05) is 30.4 Å². The predicted octanol–water partition coefficient (Wildman–Crippen LogP) is 4.92. The molecule has 25 heavy (non-hydrogen) atoms. The van der Waals surface area contributed by atoms with E-state index in [2.05, 4.69) is 16.7 Å². The minimum atomic E-state index is -4.38. The van der Waals surface area contributed by atoms with Gasteiger partial charge in [0.25, 0.3) is 0 Å². The first kappa shape index (κ1) is 15.9. The molecule has 128 valence electrons. The van der Waals surface area contributed by atoms with Crippen molar-refractivity contribution < 1.29 is 13.2 Å². The predicted molar refractivity (Wildman–Crippen MR) is 89.0 cm³/mol. The number of rotatable bonds is 4. The molecule has 6 heteroatoms. The lowest BCUT2D eigenvalue weighted by Crippen LogP contribution is -2.05. The molecular formula is C19H16F3N3. The van der Waals surface area contributed by atoms with Crippen LogP contribution < -0.4 is 0 Å². The summed E-state index contributed by atoms with van der Waals surface area (Å²) in [4.78, 5) is 4.49. The molecule has 2 heterocycles. The van der Waals surface area contributed by atoms with Gasteiger partial charge < -0.3 is 0 Å². The zero-order valence-corrected chi connectivity index (χ0v) is 13.4. The second-order valence-corrected chi connectivity index (χ2v) is 6.40. The molecule has 4 rings (SSSR count). The average molecular weight is 343 g/mol. The van der Waals surface area contributed by atoms with Gasteiger partial charge >= 0.3 is 6.18 Å². The molecule has 1 aliphatic carbocycles. The summed E-state index contributed by atoms with van der Waals surface area (Å²) in [5.41, 5.74) is 2.10. The van der Waals surface area contributed by atoms with Crippen molar-refractivity contribution in [1.29, 1.82) is 0 Å². The molecule has 1 aliphatic rings. The van der Waals surface area contributed by atoms with E-state index in [9.17, 15) is 13.2 Å². The van der Waals surface area contributed by atoms with Gasteiger partial charge in [-0.2, -0.15) is 18.3 Å². The fraction of sp³-hybridized carbons (Fsp3) is 0.263. The average Bonchev–Trinajstić information content (AvgIpc) is 3.34. The summed E-state index contributed by atoms with van der Waals surface area (Å²) in [5.74, 6) is 1.21. The lowest BCUT2D eigenvalue weighted by molar-refractivity contribution is -0.137. The Balaban J connectivity index is 1.74. The maximum absolute atomic E-state index is 13.0. The molecular weight excluding hydrogens is 327 g/mol. The van der Waals surface area contributed by atoms with Crippen LogP contribution in [0.1, 0.15) is 24.2 Å². The molecule has 0 bridgehead atoms. The summed E-state index contributed by atoms with van der Waals surface area (Å²) in [6.07, 6.45) is -1.43. The summed E-state index contributed by atoms with van der Waals surface area (Å²) >= 11 is 0. The number of allylic oxidation sites excluding steroid dienone is 1. The van der Waals surface area contributed by atoms with E-state index in [1.54, 1.807) is 28.8 Å². The third-order valence-corrected chi connectivity index (χ3v) is 4.43. The Labute approximate surface area is 142 Å². The molecule has 2 aromatic heterocycles. The van der Waals surface area contributed by atoms with Crippen LogP contribution in [0.15, 0.2) is 54.6 Å². The molecule has 0 amide bonds. The maximum atomic E-state index is 13.0. The Hall–Kier alpha value is -2.63. The van der Waals surface area contributed by atoms with Crippen molar-refractivity contribution in [1.82, 2.24) is 14.6 Å². The second kappa shape index (κ2) is 5.72. The Morgan fingerprint density at radius 1 is 1.16 bits per heavy atom.